The van der Waals surface area contributed by atoms with Crippen molar-refractivity contribution < 1.29 is 4.42 Å². The Kier molecular flexibility index (Phi) is 2.75. The van der Waals surface area contributed by atoms with Gasteiger partial charge in [-0.05, 0) is 30.3 Å². The van der Waals surface area contributed by atoms with Gasteiger partial charge >= 0.3 is 0 Å². The van der Waals surface area contributed by atoms with Gasteiger partial charge in [-0.3, -0.25) is 0 Å². The number of hydrogen-bond acceptors (Lipinski definition) is 4. The fraction of sp³-hybridized carbons (Fsp3) is 0. The molecule has 0 fully saturated rings. The van der Waals surface area contributed by atoms with Crippen LogP contribution in [-0.2, 0) is 0 Å². The zero-order chi connectivity index (χ0) is 14.2. The maximum atomic E-state index is 6.02. The van der Waals surface area contributed by atoms with Crippen LogP contribution in [0.15, 0.2) is 59.5 Å². The smallest absolute Gasteiger partial charge is 0.165 e. The van der Waals surface area contributed by atoms with Gasteiger partial charge in [0.2, 0.25) is 0 Å². The molecule has 21 heavy (non-hydrogen) atoms. The van der Waals surface area contributed by atoms with E-state index in [1.54, 1.807) is 18.7 Å². The summed E-state index contributed by atoms with van der Waals surface area (Å²) in [5, 5.41) is 5.84. The van der Waals surface area contributed by atoms with Crippen LogP contribution in [0.1, 0.15) is 0 Å². The van der Waals surface area contributed by atoms with Gasteiger partial charge in [0.1, 0.15) is 5.58 Å². The monoisotopic (exact) mass is 295 g/mol. The normalized spacial score (nSPS) is 11.1. The van der Waals surface area contributed by atoms with Gasteiger partial charge in [0.15, 0.2) is 5.65 Å². The van der Waals surface area contributed by atoms with Crippen molar-refractivity contribution in [2.75, 3.05) is 5.32 Å². The average molecular weight is 296 g/mol. The number of benzene rings is 1. The predicted molar refractivity (Wildman–Crippen MR) is 84.0 cm³/mol. The molecule has 0 aliphatic heterocycles. The minimum absolute atomic E-state index is 0.643. The van der Waals surface area contributed by atoms with E-state index in [1.807, 2.05) is 36.4 Å². The van der Waals surface area contributed by atoms with E-state index in [0.29, 0.717) is 10.7 Å². The lowest BCUT2D eigenvalue weighted by atomic mass is 10.2. The molecule has 0 radical (unpaired) electrons. The Bertz CT molecular complexity index is 948. The molecule has 0 bridgehead atoms. The van der Waals surface area contributed by atoms with Crippen molar-refractivity contribution in [1.82, 2.24) is 9.97 Å². The van der Waals surface area contributed by atoms with E-state index in [2.05, 4.69) is 15.3 Å². The summed E-state index contributed by atoms with van der Waals surface area (Å²) >= 11 is 6.02. The van der Waals surface area contributed by atoms with E-state index in [4.69, 9.17) is 16.0 Å². The molecular weight excluding hydrogens is 286 g/mol. The molecule has 0 amide bonds. The van der Waals surface area contributed by atoms with Gasteiger partial charge in [-0.2, -0.15) is 0 Å². The number of rotatable bonds is 2. The van der Waals surface area contributed by atoms with Crippen molar-refractivity contribution in [3.8, 4) is 0 Å². The van der Waals surface area contributed by atoms with Crippen LogP contribution in [0.3, 0.4) is 0 Å². The Morgan fingerprint density at radius 3 is 2.95 bits per heavy atom. The van der Waals surface area contributed by atoms with Crippen molar-refractivity contribution in [3.63, 3.8) is 0 Å². The van der Waals surface area contributed by atoms with Crippen LogP contribution in [0.2, 0.25) is 5.02 Å². The van der Waals surface area contributed by atoms with E-state index in [-0.39, 0.29) is 0 Å². The van der Waals surface area contributed by atoms with Crippen molar-refractivity contribution in [2.45, 2.75) is 0 Å². The molecule has 0 saturated heterocycles. The zero-order valence-corrected chi connectivity index (χ0v) is 11.6. The molecule has 102 valence electrons. The Balaban J connectivity index is 1.93. The maximum Gasteiger partial charge on any atom is 0.165 e. The third kappa shape index (κ3) is 2.10. The first-order chi connectivity index (χ1) is 10.3. The minimum Gasteiger partial charge on any atom is -0.463 e. The summed E-state index contributed by atoms with van der Waals surface area (Å²) in [5.74, 6) is 0. The van der Waals surface area contributed by atoms with Crippen LogP contribution in [0.5, 0.6) is 0 Å². The van der Waals surface area contributed by atoms with Crippen molar-refractivity contribution >= 4 is 45.0 Å². The fourth-order valence-corrected chi connectivity index (χ4v) is 2.54. The minimum atomic E-state index is 0.643. The van der Waals surface area contributed by atoms with E-state index in [0.717, 1.165) is 27.7 Å². The Labute approximate surface area is 125 Å². The summed E-state index contributed by atoms with van der Waals surface area (Å²) < 4.78 is 5.59. The second-order valence-corrected chi connectivity index (χ2v) is 5.09. The summed E-state index contributed by atoms with van der Waals surface area (Å²) in [7, 11) is 0. The Morgan fingerprint density at radius 1 is 1.10 bits per heavy atom. The summed E-state index contributed by atoms with van der Waals surface area (Å²) in [6.07, 6.45) is 5.14. The number of fused-ring (bicyclic) bond motifs is 3. The Hall–Kier alpha value is -2.59. The zero-order valence-electron chi connectivity index (χ0n) is 10.9. The van der Waals surface area contributed by atoms with Crippen molar-refractivity contribution in [1.29, 1.82) is 0 Å². The first-order valence-electron chi connectivity index (χ1n) is 6.45. The van der Waals surface area contributed by atoms with Crippen molar-refractivity contribution in [2.24, 2.45) is 0 Å². The first kappa shape index (κ1) is 12.2. The largest absolute Gasteiger partial charge is 0.463 e. The van der Waals surface area contributed by atoms with E-state index < -0.39 is 0 Å². The van der Waals surface area contributed by atoms with Gasteiger partial charge in [0.25, 0.3) is 0 Å². The van der Waals surface area contributed by atoms with Crippen molar-refractivity contribution in [3.05, 3.63) is 60.1 Å². The quantitative estimate of drug-likeness (QED) is 0.578. The fourth-order valence-electron chi connectivity index (χ4n) is 2.35. The van der Waals surface area contributed by atoms with Gasteiger partial charge < -0.3 is 9.73 Å². The molecule has 4 nitrogen and oxygen atoms in total. The number of pyridine rings is 2. The molecule has 3 heterocycles. The van der Waals surface area contributed by atoms with Gasteiger partial charge in [0.05, 0.1) is 17.3 Å². The van der Waals surface area contributed by atoms with E-state index in [1.165, 1.54) is 0 Å². The number of aromatic nitrogens is 2. The highest BCUT2D eigenvalue weighted by molar-refractivity contribution is 6.30. The topological polar surface area (TPSA) is 51.0 Å². The molecule has 4 rings (SSSR count). The van der Waals surface area contributed by atoms with Crippen LogP contribution in [0.25, 0.3) is 22.0 Å². The number of furan rings is 1. The molecule has 0 unspecified atom stereocenters. The number of nitrogens with zero attached hydrogens (tertiary/aromatic N) is 2. The summed E-state index contributed by atoms with van der Waals surface area (Å²) in [4.78, 5) is 8.66. The highest BCUT2D eigenvalue weighted by Gasteiger charge is 2.10. The molecule has 3 aromatic heterocycles. The van der Waals surface area contributed by atoms with Gasteiger partial charge in [-0.15, -0.1) is 0 Å². The number of anilines is 2. The number of nitrogens with one attached hydrogen (secondary N) is 1. The molecule has 0 spiro atoms. The van der Waals surface area contributed by atoms with Crippen LogP contribution in [0.4, 0.5) is 11.4 Å². The standard InChI is InChI=1S/C16H10ClN3O/c17-11-2-1-3-12(8-11)20-13-4-6-18-16-14(13)15-10(9-19-16)5-7-21-15/h1-9H,(H,18,19,20). The maximum absolute atomic E-state index is 6.02. The molecule has 5 heteroatoms. The highest BCUT2D eigenvalue weighted by atomic mass is 35.5. The third-order valence-corrected chi connectivity index (χ3v) is 3.52. The summed E-state index contributed by atoms with van der Waals surface area (Å²) in [5.41, 5.74) is 3.20. The molecule has 0 aliphatic rings. The van der Waals surface area contributed by atoms with E-state index >= 15 is 0 Å². The molecule has 0 aliphatic carbocycles. The molecule has 0 atom stereocenters. The lowest BCUT2D eigenvalue weighted by Gasteiger charge is -2.09. The number of halogens is 1. The summed E-state index contributed by atoms with van der Waals surface area (Å²) in [6.45, 7) is 0. The first-order valence-corrected chi connectivity index (χ1v) is 6.82. The van der Waals surface area contributed by atoms with E-state index in [9.17, 15) is 0 Å². The SMILES string of the molecule is Clc1cccc(Nc2ccnc3ncc4ccoc4c23)c1. The lowest BCUT2D eigenvalue weighted by Crippen LogP contribution is -1.94. The van der Waals surface area contributed by atoms with Crippen LogP contribution >= 0.6 is 11.6 Å². The lowest BCUT2D eigenvalue weighted by molar-refractivity contribution is 0.619. The van der Waals surface area contributed by atoms with Crippen LogP contribution in [0, 0.1) is 0 Å². The molecule has 1 N–H and O–H groups in total. The van der Waals surface area contributed by atoms with Gasteiger partial charge in [-0.1, -0.05) is 17.7 Å². The third-order valence-electron chi connectivity index (χ3n) is 3.28. The predicted octanol–water partition coefficient (Wildman–Crippen LogP) is 4.77. The van der Waals surface area contributed by atoms with Crippen LogP contribution < -0.4 is 5.32 Å². The van der Waals surface area contributed by atoms with Gasteiger partial charge in [-0.25, -0.2) is 9.97 Å². The molecule has 4 aromatic rings. The Morgan fingerprint density at radius 2 is 2.05 bits per heavy atom. The molecule has 0 saturated carbocycles. The summed E-state index contributed by atoms with van der Waals surface area (Å²) in [6, 6.07) is 11.3. The second kappa shape index (κ2) is 4.75. The molecule has 1 aromatic carbocycles. The average Bonchev–Trinajstić information content (AvgIpc) is 2.96. The second-order valence-electron chi connectivity index (χ2n) is 4.66. The highest BCUT2D eigenvalue weighted by Crippen LogP contribution is 2.31. The van der Waals surface area contributed by atoms with Gasteiger partial charge in [0, 0.05) is 28.5 Å². The number of hydrogen-bond donors (Lipinski definition) is 1. The van der Waals surface area contributed by atoms with Crippen LogP contribution in [-0.4, -0.2) is 9.97 Å². The molecular formula is C16H10ClN3O.